The first-order chi connectivity index (χ1) is 11.0. The van der Waals surface area contributed by atoms with Crippen molar-refractivity contribution in [2.24, 2.45) is 0 Å². The molecule has 0 fully saturated rings. The summed E-state index contributed by atoms with van der Waals surface area (Å²) in [5.41, 5.74) is 3.84. The smallest absolute Gasteiger partial charge is 0.189 e. The van der Waals surface area contributed by atoms with Crippen LogP contribution in [0.4, 0.5) is 0 Å². The number of carbonyl (C=O) groups excluding carboxylic acids is 2. The minimum absolute atomic E-state index is 0.0938. The molecular weight excluding hydrogens is 288 g/mol. The van der Waals surface area contributed by atoms with Gasteiger partial charge in [0, 0.05) is 46.4 Å². The second-order valence-electron chi connectivity index (χ2n) is 6.38. The van der Waals surface area contributed by atoms with E-state index >= 15 is 0 Å². The molecule has 23 heavy (non-hydrogen) atoms. The maximum atomic E-state index is 12.4. The summed E-state index contributed by atoms with van der Waals surface area (Å²) in [6, 6.07) is 9.05. The Hall–Kier alpha value is -2.75. The fourth-order valence-electron chi connectivity index (χ4n) is 2.88. The summed E-state index contributed by atoms with van der Waals surface area (Å²) in [5, 5.41) is 3.42. The van der Waals surface area contributed by atoms with E-state index in [0.29, 0.717) is 11.1 Å². The van der Waals surface area contributed by atoms with Crippen molar-refractivity contribution in [3.05, 3.63) is 71.1 Å². The van der Waals surface area contributed by atoms with Crippen molar-refractivity contribution in [1.82, 2.24) is 10.3 Å². The van der Waals surface area contributed by atoms with Crippen molar-refractivity contribution in [1.29, 1.82) is 0 Å². The SMILES string of the molecule is CC1(C)Cc2cc(C=O)ccc2/C(=C/C(=O)c2cccnc2)N1. The molecule has 1 aromatic carbocycles. The molecule has 1 N–H and O–H groups in total. The lowest BCUT2D eigenvalue weighted by atomic mass is 9.84. The zero-order valence-corrected chi connectivity index (χ0v) is 13.2. The molecule has 1 aliphatic rings. The van der Waals surface area contributed by atoms with Crippen LogP contribution in [0.3, 0.4) is 0 Å². The molecule has 0 spiro atoms. The lowest BCUT2D eigenvalue weighted by Gasteiger charge is -2.35. The van der Waals surface area contributed by atoms with Gasteiger partial charge in [0.1, 0.15) is 6.29 Å². The molecule has 1 aromatic heterocycles. The van der Waals surface area contributed by atoms with Gasteiger partial charge in [0.15, 0.2) is 5.78 Å². The minimum Gasteiger partial charge on any atom is -0.379 e. The number of nitrogens with one attached hydrogen (secondary N) is 1. The molecule has 4 nitrogen and oxygen atoms in total. The average Bonchev–Trinajstić information content (AvgIpc) is 2.54. The first-order valence-electron chi connectivity index (χ1n) is 7.51. The van der Waals surface area contributed by atoms with Crippen molar-refractivity contribution >= 4 is 17.8 Å². The van der Waals surface area contributed by atoms with Crippen molar-refractivity contribution in [3.63, 3.8) is 0 Å². The number of carbonyl (C=O) groups is 2. The van der Waals surface area contributed by atoms with Crippen LogP contribution in [-0.4, -0.2) is 22.6 Å². The van der Waals surface area contributed by atoms with Crippen LogP contribution in [0, 0.1) is 0 Å². The Labute approximate surface area is 135 Å². The quantitative estimate of drug-likeness (QED) is 0.538. The van der Waals surface area contributed by atoms with Gasteiger partial charge in [-0.25, -0.2) is 0 Å². The van der Waals surface area contributed by atoms with E-state index in [1.54, 1.807) is 36.7 Å². The molecule has 1 aliphatic heterocycles. The van der Waals surface area contributed by atoms with Crippen molar-refractivity contribution in [2.75, 3.05) is 0 Å². The summed E-state index contributed by atoms with van der Waals surface area (Å²) >= 11 is 0. The monoisotopic (exact) mass is 306 g/mol. The Morgan fingerprint density at radius 1 is 1.30 bits per heavy atom. The van der Waals surface area contributed by atoms with Gasteiger partial charge < -0.3 is 5.32 Å². The Kier molecular flexibility index (Phi) is 3.82. The second-order valence-corrected chi connectivity index (χ2v) is 6.38. The van der Waals surface area contributed by atoms with E-state index in [0.717, 1.165) is 29.5 Å². The Morgan fingerprint density at radius 2 is 2.13 bits per heavy atom. The number of aromatic nitrogens is 1. The average molecular weight is 306 g/mol. The maximum absolute atomic E-state index is 12.4. The maximum Gasteiger partial charge on any atom is 0.189 e. The van der Waals surface area contributed by atoms with Crippen LogP contribution in [0.1, 0.15) is 45.7 Å². The molecular formula is C19H18N2O2. The Balaban J connectivity index is 2.04. The number of nitrogens with zero attached hydrogens (tertiary/aromatic N) is 1. The van der Waals surface area contributed by atoms with Crippen LogP contribution < -0.4 is 5.32 Å². The van der Waals surface area contributed by atoms with E-state index in [1.165, 1.54) is 0 Å². The molecule has 0 saturated carbocycles. The second kappa shape index (κ2) is 5.80. The molecule has 0 amide bonds. The molecule has 4 heteroatoms. The van der Waals surface area contributed by atoms with Crippen LogP contribution in [-0.2, 0) is 6.42 Å². The number of ketones is 1. The molecule has 0 bridgehead atoms. The van der Waals surface area contributed by atoms with Gasteiger partial charge >= 0.3 is 0 Å². The van der Waals surface area contributed by atoms with E-state index in [2.05, 4.69) is 24.1 Å². The molecule has 2 heterocycles. The highest BCUT2D eigenvalue weighted by molar-refractivity contribution is 6.08. The third-order valence-electron chi connectivity index (χ3n) is 3.88. The fourth-order valence-corrected chi connectivity index (χ4v) is 2.88. The number of hydrogen-bond acceptors (Lipinski definition) is 4. The number of fused-ring (bicyclic) bond motifs is 1. The van der Waals surface area contributed by atoms with Crippen LogP contribution in [0.2, 0.25) is 0 Å². The van der Waals surface area contributed by atoms with Crippen LogP contribution in [0.5, 0.6) is 0 Å². The summed E-state index contributed by atoms with van der Waals surface area (Å²) in [6.45, 7) is 4.15. The zero-order valence-electron chi connectivity index (χ0n) is 13.2. The van der Waals surface area contributed by atoms with Gasteiger partial charge in [-0.05, 0) is 44.0 Å². The number of allylic oxidation sites excluding steroid dienone is 1. The van der Waals surface area contributed by atoms with Crippen LogP contribution in [0.15, 0.2) is 48.8 Å². The highest BCUT2D eigenvalue weighted by atomic mass is 16.1. The van der Waals surface area contributed by atoms with Gasteiger partial charge in [-0.3, -0.25) is 14.6 Å². The highest BCUT2D eigenvalue weighted by Gasteiger charge is 2.28. The van der Waals surface area contributed by atoms with Crippen molar-refractivity contribution < 1.29 is 9.59 Å². The third-order valence-corrected chi connectivity index (χ3v) is 3.88. The predicted octanol–water partition coefficient (Wildman–Crippen LogP) is 3.04. The van der Waals surface area contributed by atoms with E-state index in [9.17, 15) is 9.59 Å². The van der Waals surface area contributed by atoms with Crippen LogP contribution >= 0.6 is 0 Å². The minimum atomic E-state index is -0.185. The molecule has 2 aromatic rings. The van der Waals surface area contributed by atoms with Crippen molar-refractivity contribution in [3.8, 4) is 0 Å². The van der Waals surface area contributed by atoms with Gasteiger partial charge in [-0.15, -0.1) is 0 Å². The fraction of sp³-hybridized carbons (Fsp3) is 0.211. The molecule has 0 aliphatic carbocycles. The van der Waals surface area contributed by atoms with Gasteiger partial charge in [-0.2, -0.15) is 0 Å². The molecule has 0 atom stereocenters. The molecule has 3 rings (SSSR count). The topological polar surface area (TPSA) is 59.1 Å². The number of aldehydes is 1. The predicted molar refractivity (Wildman–Crippen MR) is 89.3 cm³/mol. The number of rotatable bonds is 3. The van der Waals surface area contributed by atoms with Crippen LogP contribution in [0.25, 0.3) is 5.70 Å². The van der Waals surface area contributed by atoms with E-state index in [-0.39, 0.29) is 11.3 Å². The number of hydrogen-bond donors (Lipinski definition) is 1. The van der Waals surface area contributed by atoms with E-state index in [4.69, 9.17) is 0 Å². The molecule has 0 unspecified atom stereocenters. The summed E-state index contributed by atoms with van der Waals surface area (Å²) in [4.78, 5) is 27.4. The standard InChI is InChI=1S/C19H18N2O2/c1-19(2)10-15-8-13(12-22)5-6-16(15)17(21-19)9-18(23)14-4-3-7-20-11-14/h3-9,11-12,21H,10H2,1-2H3/b17-9-. The Bertz CT molecular complexity index is 792. The largest absolute Gasteiger partial charge is 0.379 e. The normalized spacial score (nSPS) is 17.2. The van der Waals surface area contributed by atoms with Gasteiger partial charge in [-0.1, -0.05) is 12.1 Å². The van der Waals surface area contributed by atoms with E-state index < -0.39 is 0 Å². The number of pyridine rings is 1. The first kappa shape index (κ1) is 15.2. The lowest BCUT2D eigenvalue weighted by molar-refractivity contribution is 0.104. The Morgan fingerprint density at radius 3 is 2.83 bits per heavy atom. The summed E-state index contributed by atoms with van der Waals surface area (Å²) in [6.07, 6.45) is 6.45. The highest BCUT2D eigenvalue weighted by Crippen LogP contribution is 2.30. The van der Waals surface area contributed by atoms with Crippen molar-refractivity contribution in [2.45, 2.75) is 25.8 Å². The van der Waals surface area contributed by atoms with Gasteiger partial charge in [0.25, 0.3) is 0 Å². The summed E-state index contributed by atoms with van der Waals surface area (Å²) in [7, 11) is 0. The molecule has 116 valence electrons. The number of benzene rings is 1. The third kappa shape index (κ3) is 3.21. The summed E-state index contributed by atoms with van der Waals surface area (Å²) < 4.78 is 0. The lowest BCUT2D eigenvalue weighted by Crippen LogP contribution is -2.43. The van der Waals surface area contributed by atoms with E-state index in [1.807, 2.05) is 12.1 Å². The zero-order chi connectivity index (χ0) is 16.4. The first-order valence-corrected chi connectivity index (χ1v) is 7.51. The molecule has 0 saturated heterocycles. The molecule has 0 radical (unpaired) electrons. The van der Waals surface area contributed by atoms with Gasteiger partial charge in [0.05, 0.1) is 0 Å². The summed E-state index contributed by atoms with van der Waals surface area (Å²) in [5.74, 6) is -0.0938. The van der Waals surface area contributed by atoms with Gasteiger partial charge in [0.2, 0.25) is 0 Å².